The van der Waals surface area contributed by atoms with Crippen LogP contribution in [0.25, 0.3) is 0 Å². The van der Waals surface area contributed by atoms with Crippen LogP contribution in [0.2, 0.25) is 0 Å². The van der Waals surface area contributed by atoms with E-state index in [4.69, 9.17) is 0 Å². The molecule has 3 heterocycles. The van der Waals surface area contributed by atoms with E-state index in [0.717, 1.165) is 31.4 Å². The van der Waals surface area contributed by atoms with Crippen LogP contribution in [0.15, 0.2) is 24.4 Å². The van der Waals surface area contributed by atoms with Crippen molar-refractivity contribution in [2.24, 2.45) is 0 Å². The Bertz CT molecular complexity index is 392. The normalized spacial score (nSPS) is 35.9. The smallest absolute Gasteiger partial charge is 0.0681 e. The zero-order valence-electron chi connectivity index (χ0n) is 11.0. The first-order chi connectivity index (χ1) is 8.66. The predicted octanol–water partition coefficient (Wildman–Crippen LogP) is 2.00. The highest BCUT2D eigenvalue weighted by molar-refractivity contribution is 5.06. The molecule has 2 unspecified atom stereocenters. The number of rotatable bonds is 3. The molecule has 2 fully saturated rings. The molecule has 2 atom stereocenters. The minimum atomic E-state index is -0.462. The Hall–Kier alpha value is -0.930. The third-order valence-corrected chi connectivity index (χ3v) is 4.79. The van der Waals surface area contributed by atoms with E-state index >= 15 is 0 Å². The van der Waals surface area contributed by atoms with Gasteiger partial charge in [-0.2, -0.15) is 0 Å². The Morgan fingerprint density at radius 1 is 1.33 bits per heavy atom. The molecule has 3 nitrogen and oxygen atoms in total. The molecule has 2 aliphatic heterocycles. The Morgan fingerprint density at radius 3 is 2.67 bits per heavy atom. The molecule has 0 amide bonds. The number of nitrogens with zero attached hydrogens (tertiary/aromatic N) is 2. The maximum Gasteiger partial charge on any atom is 0.0681 e. The van der Waals surface area contributed by atoms with E-state index in [0.29, 0.717) is 12.1 Å². The van der Waals surface area contributed by atoms with Crippen LogP contribution in [0.1, 0.15) is 37.8 Å². The van der Waals surface area contributed by atoms with Gasteiger partial charge >= 0.3 is 0 Å². The minimum Gasteiger partial charge on any atom is -0.390 e. The van der Waals surface area contributed by atoms with Crippen LogP contribution < -0.4 is 0 Å². The van der Waals surface area contributed by atoms with Crippen molar-refractivity contribution in [2.75, 3.05) is 7.05 Å². The van der Waals surface area contributed by atoms with Crippen LogP contribution in [0.4, 0.5) is 0 Å². The Kier molecular flexibility index (Phi) is 3.12. The average Bonchev–Trinajstić information content (AvgIpc) is 2.62. The largest absolute Gasteiger partial charge is 0.390 e. The summed E-state index contributed by atoms with van der Waals surface area (Å²) in [6.07, 6.45) is 7.96. The molecule has 0 aromatic carbocycles. The molecule has 1 aromatic rings. The Labute approximate surface area is 109 Å². The summed E-state index contributed by atoms with van der Waals surface area (Å²) in [7, 11) is 2.21. The topological polar surface area (TPSA) is 36.4 Å². The molecule has 2 aliphatic rings. The van der Waals surface area contributed by atoms with Crippen molar-refractivity contribution in [3.63, 3.8) is 0 Å². The summed E-state index contributed by atoms with van der Waals surface area (Å²) in [5, 5.41) is 10.8. The summed E-state index contributed by atoms with van der Waals surface area (Å²) in [6.45, 7) is 0. The first kappa shape index (κ1) is 12.1. The van der Waals surface area contributed by atoms with Crippen LogP contribution in [0.5, 0.6) is 0 Å². The fourth-order valence-corrected chi connectivity index (χ4v) is 3.65. The van der Waals surface area contributed by atoms with Gasteiger partial charge in [-0.25, -0.2) is 0 Å². The molecule has 0 spiro atoms. The SMILES string of the molecule is CN1C2CCC1CC(O)(CCc1ccccn1)C2. The van der Waals surface area contributed by atoms with Crippen molar-refractivity contribution >= 4 is 0 Å². The Balaban J connectivity index is 1.63. The van der Waals surface area contributed by atoms with Gasteiger partial charge < -0.3 is 10.0 Å². The fraction of sp³-hybridized carbons (Fsp3) is 0.667. The first-order valence-electron chi connectivity index (χ1n) is 7.00. The number of aromatic nitrogens is 1. The van der Waals surface area contributed by atoms with Crippen LogP contribution in [-0.2, 0) is 6.42 Å². The fourth-order valence-electron chi connectivity index (χ4n) is 3.65. The molecule has 3 heteroatoms. The van der Waals surface area contributed by atoms with E-state index in [-0.39, 0.29) is 0 Å². The lowest BCUT2D eigenvalue weighted by Crippen LogP contribution is -2.49. The second-order valence-corrected chi connectivity index (χ2v) is 6.00. The highest BCUT2D eigenvalue weighted by Crippen LogP contribution is 2.41. The molecule has 1 N–H and O–H groups in total. The van der Waals surface area contributed by atoms with Gasteiger partial charge in [0, 0.05) is 24.0 Å². The quantitative estimate of drug-likeness (QED) is 0.886. The average molecular weight is 246 g/mol. The molecule has 0 aliphatic carbocycles. The van der Waals surface area contributed by atoms with Crippen molar-refractivity contribution in [3.8, 4) is 0 Å². The van der Waals surface area contributed by atoms with E-state index in [2.05, 4.69) is 16.9 Å². The van der Waals surface area contributed by atoms with Crippen LogP contribution >= 0.6 is 0 Å². The van der Waals surface area contributed by atoms with E-state index in [1.165, 1.54) is 12.8 Å². The molecule has 2 bridgehead atoms. The first-order valence-corrected chi connectivity index (χ1v) is 7.00. The lowest BCUT2D eigenvalue weighted by molar-refractivity contribution is -0.0498. The number of fused-ring (bicyclic) bond motifs is 2. The number of hydrogen-bond acceptors (Lipinski definition) is 3. The maximum atomic E-state index is 10.8. The summed E-state index contributed by atoms with van der Waals surface area (Å²) in [4.78, 5) is 6.81. The van der Waals surface area contributed by atoms with Crippen molar-refractivity contribution < 1.29 is 5.11 Å². The second-order valence-electron chi connectivity index (χ2n) is 6.00. The highest BCUT2D eigenvalue weighted by Gasteiger charge is 2.45. The van der Waals surface area contributed by atoms with Crippen molar-refractivity contribution in [1.82, 2.24) is 9.88 Å². The molecule has 1 aromatic heterocycles. The third-order valence-electron chi connectivity index (χ3n) is 4.79. The molecule has 0 radical (unpaired) electrons. The van der Waals surface area contributed by atoms with E-state index in [1.54, 1.807) is 0 Å². The molecule has 98 valence electrons. The second kappa shape index (κ2) is 4.63. The molecule has 3 rings (SSSR count). The van der Waals surface area contributed by atoms with Gasteiger partial charge in [-0.15, -0.1) is 0 Å². The van der Waals surface area contributed by atoms with Crippen molar-refractivity contribution in [1.29, 1.82) is 0 Å². The van der Waals surface area contributed by atoms with Gasteiger partial charge in [-0.3, -0.25) is 4.98 Å². The number of aryl methyl sites for hydroxylation is 1. The Morgan fingerprint density at radius 2 is 2.06 bits per heavy atom. The monoisotopic (exact) mass is 246 g/mol. The van der Waals surface area contributed by atoms with E-state index < -0.39 is 5.60 Å². The number of piperidine rings is 1. The lowest BCUT2D eigenvalue weighted by Gasteiger charge is -2.42. The van der Waals surface area contributed by atoms with Gasteiger partial charge in [0.15, 0.2) is 0 Å². The summed E-state index contributed by atoms with van der Waals surface area (Å²) in [5.41, 5.74) is 0.632. The maximum absolute atomic E-state index is 10.8. The standard InChI is InChI=1S/C15H22N2O/c1-17-13-5-6-14(17)11-15(18,10-13)8-7-12-4-2-3-9-16-12/h2-4,9,13-14,18H,5-8,10-11H2,1H3. The molecular formula is C15H22N2O. The van der Waals surface area contributed by atoms with Crippen LogP contribution in [-0.4, -0.2) is 39.7 Å². The van der Waals surface area contributed by atoms with Gasteiger partial charge in [0.05, 0.1) is 5.60 Å². The summed E-state index contributed by atoms with van der Waals surface area (Å²) in [6, 6.07) is 7.20. The van der Waals surface area contributed by atoms with Gasteiger partial charge in [0.25, 0.3) is 0 Å². The van der Waals surface area contributed by atoms with Crippen molar-refractivity contribution in [2.45, 2.75) is 56.2 Å². The zero-order chi connectivity index (χ0) is 12.6. The van der Waals surface area contributed by atoms with Gasteiger partial charge in [-0.1, -0.05) is 6.07 Å². The minimum absolute atomic E-state index is 0.462. The predicted molar refractivity (Wildman–Crippen MR) is 71.3 cm³/mol. The molecule has 0 saturated carbocycles. The number of pyridine rings is 1. The molecule has 2 saturated heterocycles. The van der Waals surface area contributed by atoms with Gasteiger partial charge in [0.1, 0.15) is 0 Å². The molecular weight excluding hydrogens is 224 g/mol. The van der Waals surface area contributed by atoms with Crippen LogP contribution in [0.3, 0.4) is 0 Å². The van der Waals surface area contributed by atoms with Crippen LogP contribution in [0, 0.1) is 0 Å². The number of hydrogen-bond donors (Lipinski definition) is 1. The lowest BCUT2D eigenvalue weighted by atomic mass is 9.82. The van der Waals surface area contributed by atoms with E-state index in [9.17, 15) is 5.11 Å². The third kappa shape index (κ3) is 2.29. The summed E-state index contributed by atoms with van der Waals surface area (Å²) >= 11 is 0. The summed E-state index contributed by atoms with van der Waals surface area (Å²) in [5.74, 6) is 0. The highest BCUT2D eigenvalue weighted by atomic mass is 16.3. The zero-order valence-corrected chi connectivity index (χ0v) is 11.0. The number of aliphatic hydroxyl groups is 1. The van der Waals surface area contributed by atoms with Gasteiger partial charge in [-0.05, 0) is 57.7 Å². The molecule has 18 heavy (non-hydrogen) atoms. The van der Waals surface area contributed by atoms with Crippen molar-refractivity contribution in [3.05, 3.63) is 30.1 Å². The summed E-state index contributed by atoms with van der Waals surface area (Å²) < 4.78 is 0. The van der Waals surface area contributed by atoms with E-state index in [1.807, 2.05) is 24.4 Å². The van der Waals surface area contributed by atoms with Gasteiger partial charge in [0.2, 0.25) is 0 Å².